The summed E-state index contributed by atoms with van der Waals surface area (Å²) in [4.78, 5) is 28.8. The van der Waals surface area contributed by atoms with Crippen molar-refractivity contribution >= 4 is 22.7 Å². The minimum absolute atomic E-state index is 0.00292. The summed E-state index contributed by atoms with van der Waals surface area (Å²) in [5.74, 6) is -0.0792. The molecule has 1 N–H and O–H groups in total. The Kier molecular flexibility index (Phi) is 7.02. The molecule has 1 aliphatic rings. The maximum absolute atomic E-state index is 13.9. The molecule has 2 heterocycles. The van der Waals surface area contributed by atoms with E-state index in [0.717, 1.165) is 5.56 Å². The Balaban J connectivity index is 1.58. The number of methoxy groups -OCH3 is 2. The molecule has 1 aromatic heterocycles. The number of rotatable bonds is 9. The molecule has 3 aromatic carbocycles. The number of nitrogens with zero attached hydrogens (tertiary/aromatic N) is 1. The van der Waals surface area contributed by atoms with E-state index < -0.39 is 23.5 Å². The fourth-order valence-corrected chi connectivity index (χ4v) is 4.81. The molecule has 0 bridgehead atoms. The van der Waals surface area contributed by atoms with Crippen LogP contribution in [0.4, 0.5) is 0 Å². The first-order valence-electron chi connectivity index (χ1n) is 12.6. The van der Waals surface area contributed by atoms with Crippen molar-refractivity contribution < 1.29 is 33.3 Å². The number of benzene rings is 3. The molecule has 0 saturated heterocycles. The van der Waals surface area contributed by atoms with Gasteiger partial charge >= 0.3 is 0 Å². The Labute approximate surface area is 226 Å². The van der Waals surface area contributed by atoms with Crippen LogP contribution in [-0.2, 0) is 11.3 Å². The van der Waals surface area contributed by atoms with Crippen LogP contribution in [0.25, 0.3) is 11.0 Å². The Hall–Kier alpha value is -4.72. The molecule has 39 heavy (non-hydrogen) atoms. The number of para-hydroxylation sites is 1. The highest BCUT2D eigenvalue weighted by Gasteiger charge is 2.44. The summed E-state index contributed by atoms with van der Waals surface area (Å²) in [6.45, 7) is 4.00. The summed E-state index contributed by atoms with van der Waals surface area (Å²) in [7, 11) is 3.08. The number of fused-ring (bicyclic) bond motifs is 1. The third-order valence-electron chi connectivity index (χ3n) is 6.55. The number of carbonyl (C=O) groups is 2. The monoisotopic (exact) mass is 527 g/mol. The molecule has 8 heteroatoms. The normalized spacial score (nSPS) is 15.4. The van der Waals surface area contributed by atoms with E-state index in [4.69, 9.17) is 18.6 Å². The van der Waals surface area contributed by atoms with Gasteiger partial charge in [0.1, 0.15) is 11.5 Å². The van der Waals surface area contributed by atoms with Gasteiger partial charge < -0.3 is 28.6 Å². The number of Topliss-reactive ketones (excluding diaryl/α,β-unsaturated/α-hetero) is 1. The van der Waals surface area contributed by atoms with Crippen LogP contribution >= 0.6 is 0 Å². The quantitative estimate of drug-likeness (QED) is 0.266. The summed E-state index contributed by atoms with van der Waals surface area (Å²) in [5, 5.41) is 11.7. The standard InChI is InChI=1S/C31H29NO7/c1-18(2)38-22-13-11-20(12-14-22)27-26(28(33)25-16-21-8-6-10-24(37-4)30(21)39-25)29(34)31(35)32(27)17-19-7-5-9-23(15-19)36-3/h5-16,18,27,34H,17H2,1-4H3. The number of ketones is 1. The molecule has 0 aliphatic carbocycles. The van der Waals surface area contributed by atoms with Gasteiger partial charge in [0.15, 0.2) is 22.9 Å². The van der Waals surface area contributed by atoms with Gasteiger partial charge in [-0.05, 0) is 61.4 Å². The molecule has 1 unspecified atom stereocenters. The number of carbonyl (C=O) groups excluding carboxylic acids is 2. The molecule has 4 aromatic rings. The molecule has 0 fully saturated rings. The highest BCUT2D eigenvalue weighted by molar-refractivity contribution is 6.16. The Morgan fingerprint density at radius 3 is 2.41 bits per heavy atom. The van der Waals surface area contributed by atoms with E-state index in [1.807, 2.05) is 32.0 Å². The zero-order chi connectivity index (χ0) is 27.7. The van der Waals surface area contributed by atoms with Crippen molar-refractivity contribution in [2.45, 2.75) is 32.5 Å². The van der Waals surface area contributed by atoms with Crippen molar-refractivity contribution in [3.63, 3.8) is 0 Å². The molecular weight excluding hydrogens is 498 g/mol. The molecule has 8 nitrogen and oxygen atoms in total. The number of furan rings is 1. The van der Waals surface area contributed by atoms with E-state index in [2.05, 4.69) is 0 Å². The zero-order valence-corrected chi connectivity index (χ0v) is 22.1. The first-order chi connectivity index (χ1) is 18.8. The van der Waals surface area contributed by atoms with Crippen molar-refractivity contribution in [3.05, 3.63) is 101 Å². The topological polar surface area (TPSA) is 98.4 Å². The molecule has 1 aliphatic heterocycles. The lowest BCUT2D eigenvalue weighted by Crippen LogP contribution is -2.30. The average Bonchev–Trinajstić information content (AvgIpc) is 3.48. The Morgan fingerprint density at radius 1 is 0.974 bits per heavy atom. The second-order valence-corrected chi connectivity index (χ2v) is 9.50. The molecule has 5 rings (SSSR count). The Bertz CT molecular complexity index is 1570. The lowest BCUT2D eigenvalue weighted by atomic mass is 9.94. The van der Waals surface area contributed by atoms with Crippen molar-refractivity contribution in [1.82, 2.24) is 4.90 Å². The van der Waals surface area contributed by atoms with E-state index >= 15 is 0 Å². The maximum atomic E-state index is 13.9. The number of aliphatic hydroxyl groups excluding tert-OH is 1. The number of ether oxygens (including phenoxy) is 3. The van der Waals surface area contributed by atoms with Gasteiger partial charge in [-0.15, -0.1) is 0 Å². The van der Waals surface area contributed by atoms with Crippen LogP contribution in [0, 0.1) is 0 Å². The van der Waals surface area contributed by atoms with Gasteiger partial charge in [0.05, 0.1) is 31.9 Å². The van der Waals surface area contributed by atoms with Crippen molar-refractivity contribution in [2.75, 3.05) is 14.2 Å². The van der Waals surface area contributed by atoms with Gasteiger partial charge in [0.25, 0.3) is 5.91 Å². The molecule has 0 saturated carbocycles. The van der Waals surface area contributed by atoms with E-state index in [1.165, 1.54) is 12.0 Å². The van der Waals surface area contributed by atoms with Crippen LogP contribution in [0.5, 0.6) is 17.2 Å². The second kappa shape index (κ2) is 10.6. The third kappa shape index (κ3) is 4.93. The van der Waals surface area contributed by atoms with Crippen LogP contribution in [-0.4, -0.2) is 42.0 Å². The molecular formula is C31H29NO7. The largest absolute Gasteiger partial charge is 0.503 e. The Morgan fingerprint density at radius 2 is 1.72 bits per heavy atom. The predicted octanol–water partition coefficient (Wildman–Crippen LogP) is 6.02. The highest BCUT2D eigenvalue weighted by Crippen LogP contribution is 2.41. The molecule has 1 atom stereocenters. The smallest absolute Gasteiger partial charge is 0.290 e. The third-order valence-corrected chi connectivity index (χ3v) is 6.55. The van der Waals surface area contributed by atoms with Crippen LogP contribution in [0.2, 0.25) is 0 Å². The second-order valence-electron chi connectivity index (χ2n) is 9.50. The summed E-state index contributed by atoms with van der Waals surface area (Å²) in [6.07, 6.45) is -0.0142. The lowest BCUT2D eigenvalue weighted by molar-refractivity contribution is -0.130. The molecule has 0 spiro atoms. The predicted molar refractivity (Wildman–Crippen MR) is 145 cm³/mol. The number of amides is 1. The van der Waals surface area contributed by atoms with Crippen molar-refractivity contribution in [2.24, 2.45) is 0 Å². The van der Waals surface area contributed by atoms with Gasteiger partial charge in [-0.3, -0.25) is 9.59 Å². The van der Waals surface area contributed by atoms with E-state index in [9.17, 15) is 14.7 Å². The zero-order valence-electron chi connectivity index (χ0n) is 22.1. The van der Waals surface area contributed by atoms with E-state index in [1.54, 1.807) is 61.7 Å². The van der Waals surface area contributed by atoms with Gasteiger partial charge in [-0.1, -0.05) is 36.4 Å². The van der Waals surface area contributed by atoms with Gasteiger partial charge in [0.2, 0.25) is 5.78 Å². The average molecular weight is 528 g/mol. The van der Waals surface area contributed by atoms with E-state index in [0.29, 0.717) is 33.8 Å². The first kappa shape index (κ1) is 25.9. The minimum atomic E-state index is -0.862. The van der Waals surface area contributed by atoms with Gasteiger partial charge in [-0.2, -0.15) is 0 Å². The van der Waals surface area contributed by atoms with E-state index in [-0.39, 0.29) is 24.0 Å². The summed E-state index contributed by atoms with van der Waals surface area (Å²) in [6, 6.07) is 20.5. The maximum Gasteiger partial charge on any atom is 0.290 e. The molecule has 1 amide bonds. The van der Waals surface area contributed by atoms with Crippen molar-refractivity contribution in [1.29, 1.82) is 0 Å². The number of hydrogen-bond donors (Lipinski definition) is 1. The van der Waals surface area contributed by atoms with Crippen LogP contribution in [0.1, 0.15) is 41.6 Å². The van der Waals surface area contributed by atoms with Crippen molar-refractivity contribution in [3.8, 4) is 17.2 Å². The summed E-state index contributed by atoms with van der Waals surface area (Å²) in [5.41, 5.74) is 1.78. The SMILES string of the molecule is COc1cccc(CN2C(=O)C(O)=C(C(=O)c3cc4cccc(OC)c4o3)C2c2ccc(OC(C)C)cc2)c1. The van der Waals surface area contributed by atoms with Crippen LogP contribution < -0.4 is 14.2 Å². The lowest BCUT2D eigenvalue weighted by Gasteiger charge is -2.27. The molecule has 0 radical (unpaired) electrons. The van der Waals surface area contributed by atoms with Crippen LogP contribution in [0.15, 0.2) is 88.5 Å². The number of aliphatic hydroxyl groups is 1. The summed E-state index contributed by atoms with van der Waals surface area (Å²) >= 11 is 0. The van der Waals surface area contributed by atoms with Crippen LogP contribution in [0.3, 0.4) is 0 Å². The minimum Gasteiger partial charge on any atom is -0.503 e. The fourth-order valence-electron chi connectivity index (χ4n) is 4.81. The summed E-state index contributed by atoms with van der Waals surface area (Å²) < 4.78 is 22.4. The van der Waals surface area contributed by atoms with Gasteiger partial charge in [-0.25, -0.2) is 0 Å². The molecule has 200 valence electrons. The van der Waals surface area contributed by atoms with Gasteiger partial charge in [0, 0.05) is 11.9 Å². The highest BCUT2D eigenvalue weighted by atomic mass is 16.5. The first-order valence-corrected chi connectivity index (χ1v) is 12.6. The number of hydrogen-bond acceptors (Lipinski definition) is 7. The fraction of sp³-hybridized carbons (Fsp3) is 0.226.